The molecule has 1 atom stereocenters. The Morgan fingerprint density at radius 1 is 1.73 bits per heavy atom. The van der Waals surface area contributed by atoms with Crippen LogP contribution in [0.1, 0.15) is 6.42 Å². The number of hydrogen-bond donors (Lipinski definition) is 2. The van der Waals surface area contributed by atoms with Gasteiger partial charge in [0.05, 0.1) is 0 Å². The van der Waals surface area contributed by atoms with Gasteiger partial charge < -0.3 is 0 Å². The molecule has 1 radical (unpaired) electrons. The molecule has 3 nitrogen and oxygen atoms in total. The van der Waals surface area contributed by atoms with Gasteiger partial charge in [0.15, 0.2) is 0 Å². The van der Waals surface area contributed by atoms with Crippen LogP contribution in [0.5, 0.6) is 0 Å². The summed E-state index contributed by atoms with van der Waals surface area (Å²) >= 11 is 2.46. The number of carbonyl (C=O) groups is 1. The molecule has 5 heteroatoms. The molecule has 0 saturated heterocycles. The Balaban J connectivity index is 3.63. The Morgan fingerprint density at radius 2 is 2.18 bits per heavy atom. The van der Waals surface area contributed by atoms with Crippen LogP contribution in [-0.2, 0) is 4.79 Å². The van der Waals surface area contributed by atoms with Crippen molar-refractivity contribution >= 4 is 35.9 Å². The molecular weight excluding hydrogens is 324 g/mol. The van der Waals surface area contributed by atoms with E-state index < -0.39 is 21.6 Å². The third-order valence-corrected chi connectivity index (χ3v) is 6.57. The van der Waals surface area contributed by atoms with Crippen LogP contribution in [0, 0.1) is 0 Å². The first-order valence-corrected chi connectivity index (χ1v) is 14.1. The Hall–Kier alpha value is 0.679. The van der Waals surface area contributed by atoms with E-state index in [1.807, 2.05) is 0 Å². The first kappa shape index (κ1) is 11.7. The number of hydrogen-bond acceptors (Lipinski definition) is 2. The van der Waals surface area contributed by atoms with Crippen molar-refractivity contribution in [2.75, 3.05) is 0 Å². The zero-order chi connectivity index (χ0) is 9.07. The van der Waals surface area contributed by atoms with Gasteiger partial charge >= 0.3 is 81.0 Å². The van der Waals surface area contributed by atoms with E-state index in [4.69, 9.17) is 10.8 Å². The molecule has 0 saturated carbocycles. The zero-order valence-corrected chi connectivity index (χ0v) is 10.8. The standard InChI is InChI=1S/C6H15INO2Se/c1-11(2,7)4-3-5(8)6(9)10/h5,11H,3-4,8H2,1-2H3,(H,9,10). The van der Waals surface area contributed by atoms with E-state index in [1.54, 1.807) is 0 Å². The number of carboxylic acid groups (broad SMARTS) is 1. The van der Waals surface area contributed by atoms with Gasteiger partial charge in [0, 0.05) is 0 Å². The summed E-state index contributed by atoms with van der Waals surface area (Å²) in [6, 6.07) is -0.662. The summed E-state index contributed by atoms with van der Waals surface area (Å²) < 4.78 is 0. The van der Waals surface area contributed by atoms with E-state index in [0.29, 0.717) is 6.42 Å². The number of carboxylic acids is 1. The van der Waals surface area contributed by atoms with Gasteiger partial charge in [-0.2, -0.15) is 0 Å². The van der Waals surface area contributed by atoms with E-state index in [1.165, 1.54) is 0 Å². The van der Waals surface area contributed by atoms with Gasteiger partial charge in [0.25, 0.3) is 0 Å². The number of nitrogens with two attached hydrogens (primary N) is 1. The SMILES string of the molecule is C[SeH](C)(I)CCC(N)C(=O)O. The quantitative estimate of drug-likeness (QED) is 0.597. The Labute approximate surface area is 80.7 Å². The predicted octanol–water partition coefficient (Wildman–Crippen LogP) is 1.16. The predicted molar refractivity (Wildman–Crippen MR) is 57.9 cm³/mol. The molecule has 0 aliphatic carbocycles. The maximum atomic E-state index is 10.3. The Morgan fingerprint density at radius 3 is 2.45 bits per heavy atom. The molecule has 0 heterocycles. The van der Waals surface area contributed by atoms with E-state index in [2.05, 4.69) is 32.0 Å². The molecule has 3 N–H and O–H groups in total. The number of halogens is 1. The Bertz CT molecular complexity index is 146. The first-order chi connectivity index (χ1) is 4.83. The number of aliphatic carboxylic acids is 1. The first-order valence-electron chi connectivity index (χ1n) is 3.34. The summed E-state index contributed by atoms with van der Waals surface area (Å²) in [6.07, 6.45) is 0.623. The molecule has 0 bridgehead atoms. The van der Waals surface area contributed by atoms with Crippen LogP contribution in [0.2, 0.25) is 17.0 Å². The van der Waals surface area contributed by atoms with Crippen LogP contribution >= 0.6 is 20.3 Å². The summed E-state index contributed by atoms with van der Waals surface area (Å²) in [5.41, 5.74) is 5.35. The van der Waals surface area contributed by atoms with E-state index in [-0.39, 0.29) is 0 Å². The average molecular weight is 339 g/mol. The second-order valence-electron chi connectivity index (χ2n) is 2.99. The molecule has 0 aliphatic heterocycles. The van der Waals surface area contributed by atoms with Crippen molar-refractivity contribution in [1.29, 1.82) is 0 Å². The van der Waals surface area contributed by atoms with E-state index in [9.17, 15) is 4.79 Å². The minimum absolute atomic E-state index is 0.623. The van der Waals surface area contributed by atoms with Crippen LogP contribution < -0.4 is 5.73 Å². The molecule has 1 unspecified atom stereocenters. The zero-order valence-electron chi connectivity index (χ0n) is 6.75. The van der Waals surface area contributed by atoms with Crippen molar-refractivity contribution in [3.05, 3.63) is 0 Å². The van der Waals surface area contributed by atoms with Crippen LogP contribution in [-0.4, -0.2) is 26.7 Å². The molecule has 0 rings (SSSR count). The van der Waals surface area contributed by atoms with Gasteiger partial charge in [-0.15, -0.1) is 0 Å². The molecule has 0 aromatic heterocycles. The van der Waals surface area contributed by atoms with Gasteiger partial charge in [-0.05, 0) is 0 Å². The van der Waals surface area contributed by atoms with Crippen LogP contribution in [0.25, 0.3) is 0 Å². The third-order valence-electron chi connectivity index (χ3n) is 1.29. The minimum atomic E-state index is -1.44. The van der Waals surface area contributed by atoms with Gasteiger partial charge in [-0.25, -0.2) is 0 Å². The summed E-state index contributed by atoms with van der Waals surface area (Å²) in [7, 11) is -1.44. The second-order valence-corrected chi connectivity index (χ2v) is 24.0. The summed E-state index contributed by atoms with van der Waals surface area (Å²) in [4.78, 5) is 10.3. The fraction of sp³-hybridized carbons (Fsp3) is 0.833. The molecule has 69 valence electrons. The summed E-state index contributed by atoms with van der Waals surface area (Å²) in [5, 5.41) is 9.48. The topological polar surface area (TPSA) is 63.3 Å². The molecule has 0 aromatic rings. The average Bonchev–Trinajstić information content (AvgIpc) is 1.80. The normalized spacial score (nSPS) is 16.0. The molecule has 0 spiro atoms. The summed E-state index contributed by atoms with van der Waals surface area (Å²) in [5.74, 6) is 3.58. The van der Waals surface area contributed by atoms with Gasteiger partial charge in [0.1, 0.15) is 0 Å². The van der Waals surface area contributed by atoms with E-state index in [0.717, 1.165) is 5.32 Å². The Kier molecular flexibility index (Phi) is 4.93. The molecule has 0 amide bonds. The third kappa shape index (κ3) is 7.05. The monoisotopic (exact) mass is 340 g/mol. The van der Waals surface area contributed by atoms with Gasteiger partial charge in [-0.1, -0.05) is 0 Å². The van der Waals surface area contributed by atoms with Crippen molar-refractivity contribution < 1.29 is 9.90 Å². The van der Waals surface area contributed by atoms with Crippen LogP contribution in [0.15, 0.2) is 0 Å². The van der Waals surface area contributed by atoms with Gasteiger partial charge in [0.2, 0.25) is 0 Å². The van der Waals surface area contributed by atoms with E-state index >= 15 is 0 Å². The van der Waals surface area contributed by atoms with Gasteiger partial charge in [-0.3, -0.25) is 0 Å². The second kappa shape index (κ2) is 4.64. The van der Waals surface area contributed by atoms with Crippen molar-refractivity contribution in [2.45, 2.75) is 29.4 Å². The van der Waals surface area contributed by atoms with Crippen LogP contribution in [0.3, 0.4) is 0 Å². The molecular formula is C6H15INO2Se. The molecule has 11 heavy (non-hydrogen) atoms. The molecule has 0 aliphatic rings. The fourth-order valence-electron chi connectivity index (χ4n) is 0.570. The van der Waals surface area contributed by atoms with Crippen LogP contribution in [0.4, 0.5) is 0 Å². The maximum absolute atomic E-state index is 10.3. The van der Waals surface area contributed by atoms with Crippen molar-refractivity contribution in [2.24, 2.45) is 5.73 Å². The van der Waals surface area contributed by atoms with Crippen molar-refractivity contribution in [3.63, 3.8) is 0 Å². The van der Waals surface area contributed by atoms with Crippen molar-refractivity contribution in [1.82, 2.24) is 0 Å². The molecule has 0 aromatic carbocycles. The number of rotatable bonds is 4. The fourth-order valence-corrected chi connectivity index (χ4v) is 3.89. The molecule has 0 fully saturated rings. The summed E-state index contributed by atoms with van der Waals surface area (Å²) in [6.45, 7) is 0. The van der Waals surface area contributed by atoms with Crippen molar-refractivity contribution in [3.8, 4) is 0 Å².